The molecule has 0 atom stereocenters. The number of nitrogens with zero attached hydrogens (tertiary/aromatic N) is 2. The van der Waals surface area contributed by atoms with Gasteiger partial charge in [-0.05, 0) is 105 Å². The maximum Gasteiger partial charge on any atom is 0.0714 e. The first-order chi connectivity index (χ1) is 29.5. The Morgan fingerprint density at radius 1 is 0.367 bits per heavy atom. The summed E-state index contributed by atoms with van der Waals surface area (Å²) in [5.74, 6) is 0. The second-order valence-electron chi connectivity index (χ2n) is 16.5. The number of hydrogen-bond acceptors (Lipinski definition) is 2. The van der Waals surface area contributed by atoms with Crippen LogP contribution >= 0.6 is 0 Å². The number of benzene rings is 9. The summed E-state index contributed by atoms with van der Waals surface area (Å²) in [4.78, 5) is 4.90. The molecule has 60 heavy (non-hydrogen) atoms. The molecule has 11 rings (SSSR count). The third-order valence-electron chi connectivity index (χ3n) is 12.9. The van der Waals surface area contributed by atoms with E-state index in [0.717, 1.165) is 33.9 Å². The molecule has 0 unspecified atom stereocenters. The fraction of sp³-hybridized carbons (Fsp3) is 0.0690. The maximum absolute atomic E-state index is 2.46. The van der Waals surface area contributed by atoms with Gasteiger partial charge in [0.2, 0.25) is 0 Å². The van der Waals surface area contributed by atoms with Crippen molar-refractivity contribution in [3.8, 4) is 22.3 Å². The third-order valence-corrected chi connectivity index (χ3v) is 12.9. The van der Waals surface area contributed by atoms with Gasteiger partial charge in [-0.1, -0.05) is 190 Å². The SMILES string of the molecule is CC1(C)c2ccccc2N(c2ccccc2)c2cc(-c3ccccc3N(c3ccccc3)c3ccc4c(c3)C(c3ccccc3)(c3ccccc3)c3ccccc3-4)ccc21. The smallest absolute Gasteiger partial charge is 0.0714 e. The molecule has 0 radical (unpaired) electrons. The molecule has 286 valence electrons. The van der Waals surface area contributed by atoms with Crippen LogP contribution in [0.5, 0.6) is 0 Å². The van der Waals surface area contributed by atoms with E-state index in [2.05, 4.69) is 254 Å². The Kier molecular flexibility index (Phi) is 8.42. The van der Waals surface area contributed by atoms with E-state index >= 15 is 0 Å². The van der Waals surface area contributed by atoms with Crippen LogP contribution in [0.4, 0.5) is 34.1 Å². The predicted molar refractivity (Wildman–Crippen MR) is 251 cm³/mol. The summed E-state index contributed by atoms with van der Waals surface area (Å²) < 4.78 is 0. The zero-order chi connectivity index (χ0) is 40.3. The lowest BCUT2D eigenvalue weighted by Crippen LogP contribution is -2.30. The monoisotopic (exact) mass is 768 g/mol. The zero-order valence-electron chi connectivity index (χ0n) is 33.8. The Balaban J connectivity index is 1.13. The Bertz CT molecular complexity index is 2970. The van der Waals surface area contributed by atoms with Gasteiger partial charge < -0.3 is 9.80 Å². The number of para-hydroxylation sites is 4. The molecule has 2 heteroatoms. The van der Waals surface area contributed by atoms with Crippen molar-refractivity contribution in [2.24, 2.45) is 0 Å². The highest BCUT2D eigenvalue weighted by atomic mass is 15.2. The first-order valence-corrected chi connectivity index (χ1v) is 20.9. The molecule has 0 amide bonds. The summed E-state index contributed by atoms with van der Waals surface area (Å²) in [6.45, 7) is 4.71. The van der Waals surface area contributed by atoms with Crippen molar-refractivity contribution in [3.63, 3.8) is 0 Å². The highest BCUT2D eigenvalue weighted by Crippen LogP contribution is 2.58. The molecule has 2 nitrogen and oxygen atoms in total. The van der Waals surface area contributed by atoms with Crippen molar-refractivity contribution in [1.29, 1.82) is 0 Å². The molecule has 1 aliphatic heterocycles. The van der Waals surface area contributed by atoms with E-state index in [4.69, 9.17) is 0 Å². The van der Waals surface area contributed by atoms with Crippen LogP contribution in [-0.4, -0.2) is 0 Å². The fourth-order valence-electron chi connectivity index (χ4n) is 10.2. The zero-order valence-corrected chi connectivity index (χ0v) is 33.8. The van der Waals surface area contributed by atoms with Gasteiger partial charge in [0.1, 0.15) is 0 Å². The van der Waals surface area contributed by atoms with E-state index in [-0.39, 0.29) is 5.41 Å². The quantitative estimate of drug-likeness (QED) is 0.159. The standard InChI is InChI=1S/C58H44N2/c1-57(2)51-32-18-20-34-55(51)60(45-27-13-6-14-28-45)56-39-41(35-38-52(56)57)47-29-16-19-33-54(47)59(44-25-11-5-12-26-44)46-36-37-49-48-30-15-17-31-50(48)58(53(49)40-46,42-21-7-3-8-22-42)43-23-9-4-10-24-43/h3-40H,1-2H3. The molecule has 9 aromatic rings. The summed E-state index contributed by atoms with van der Waals surface area (Å²) in [5.41, 5.74) is 18.8. The normalized spacial score (nSPS) is 14.1. The van der Waals surface area contributed by atoms with Crippen molar-refractivity contribution in [2.75, 3.05) is 9.80 Å². The van der Waals surface area contributed by atoms with Gasteiger partial charge in [-0.15, -0.1) is 0 Å². The Labute approximate surface area is 353 Å². The molecule has 0 saturated carbocycles. The van der Waals surface area contributed by atoms with Crippen LogP contribution in [0.15, 0.2) is 231 Å². The van der Waals surface area contributed by atoms with E-state index < -0.39 is 5.41 Å². The van der Waals surface area contributed by atoms with Crippen molar-refractivity contribution >= 4 is 34.1 Å². The van der Waals surface area contributed by atoms with Gasteiger partial charge >= 0.3 is 0 Å². The van der Waals surface area contributed by atoms with Gasteiger partial charge in [-0.2, -0.15) is 0 Å². The summed E-state index contributed by atoms with van der Waals surface area (Å²) in [5, 5.41) is 0. The van der Waals surface area contributed by atoms with Crippen LogP contribution in [0.25, 0.3) is 22.3 Å². The highest BCUT2D eigenvalue weighted by Gasteiger charge is 2.46. The first kappa shape index (κ1) is 35.7. The molecule has 1 aliphatic carbocycles. The average Bonchev–Trinajstić information content (AvgIpc) is 3.61. The summed E-state index contributed by atoms with van der Waals surface area (Å²) in [7, 11) is 0. The Morgan fingerprint density at radius 2 is 0.900 bits per heavy atom. The fourth-order valence-corrected chi connectivity index (χ4v) is 10.2. The van der Waals surface area contributed by atoms with E-state index in [0.29, 0.717) is 0 Å². The molecule has 0 fully saturated rings. The van der Waals surface area contributed by atoms with Crippen LogP contribution in [0, 0.1) is 0 Å². The van der Waals surface area contributed by atoms with E-state index in [1.165, 1.54) is 55.9 Å². The largest absolute Gasteiger partial charge is 0.310 e. The molecule has 2 aliphatic rings. The number of fused-ring (bicyclic) bond motifs is 5. The Morgan fingerprint density at radius 3 is 1.60 bits per heavy atom. The van der Waals surface area contributed by atoms with Gasteiger partial charge in [0.05, 0.1) is 22.5 Å². The third kappa shape index (κ3) is 5.41. The van der Waals surface area contributed by atoms with Crippen LogP contribution in [0.2, 0.25) is 0 Å². The van der Waals surface area contributed by atoms with E-state index in [9.17, 15) is 0 Å². The minimum atomic E-state index is -0.505. The van der Waals surface area contributed by atoms with Gasteiger partial charge in [0, 0.05) is 28.0 Å². The second-order valence-corrected chi connectivity index (χ2v) is 16.5. The first-order valence-electron chi connectivity index (χ1n) is 20.9. The van der Waals surface area contributed by atoms with Crippen molar-refractivity contribution in [3.05, 3.63) is 264 Å². The second kappa shape index (κ2) is 14.1. The summed E-state index contributed by atoms with van der Waals surface area (Å²) in [6.07, 6.45) is 0. The molecule has 0 spiro atoms. The summed E-state index contributed by atoms with van der Waals surface area (Å²) >= 11 is 0. The number of anilines is 6. The molecule has 0 N–H and O–H groups in total. The molecule has 9 aromatic carbocycles. The topological polar surface area (TPSA) is 6.48 Å². The molecule has 1 heterocycles. The Hall–Kier alpha value is -7.42. The lowest BCUT2D eigenvalue weighted by Gasteiger charge is -2.42. The minimum Gasteiger partial charge on any atom is -0.310 e. The van der Waals surface area contributed by atoms with Crippen LogP contribution < -0.4 is 9.80 Å². The number of rotatable bonds is 7. The van der Waals surface area contributed by atoms with Crippen molar-refractivity contribution in [2.45, 2.75) is 24.7 Å². The van der Waals surface area contributed by atoms with Gasteiger partial charge in [-0.3, -0.25) is 0 Å². The lowest BCUT2D eigenvalue weighted by molar-refractivity contribution is 0.632. The molecular weight excluding hydrogens is 725 g/mol. The van der Waals surface area contributed by atoms with Crippen LogP contribution in [-0.2, 0) is 10.8 Å². The lowest BCUT2D eigenvalue weighted by atomic mass is 9.67. The van der Waals surface area contributed by atoms with Gasteiger partial charge in [-0.25, -0.2) is 0 Å². The van der Waals surface area contributed by atoms with Gasteiger partial charge in [0.15, 0.2) is 0 Å². The molecular formula is C58H44N2. The minimum absolute atomic E-state index is 0.183. The molecule has 0 aromatic heterocycles. The van der Waals surface area contributed by atoms with Crippen LogP contribution in [0.1, 0.15) is 47.2 Å². The van der Waals surface area contributed by atoms with Gasteiger partial charge in [0.25, 0.3) is 0 Å². The average molecular weight is 769 g/mol. The van der Waals surface area contributed by atoms with Crippen LogP contribution in [0.3, 0.4) is 0 Å². The highest BCUT2D eigenvalue weighted by molar-refractivity contribution is 5.94. The maximum atomic E-state index is 2.46. The number of hydrogen-bond donors (Lipinski definition) is 0. The van der Waals surface area contributed by atoms with Crippen molar-refractivity contribution < 1.29 is 0 Å². The molecule has 0 saturated heterocycles. The molecule has 0 bridgehead atoms. The van der Waals surface area contributed by atoms with E-state index in [1.54, 1.807) is 0 Å². The van der Waals surface area contributed by atoms with Crippen molar-refractivity contribution in [1.82, 2.24) is 0 Å². The predicted octanol–water partition coefficient (Wildman–Crippen LogP) is 15.3. The summed E-state index contributed by atoms with van der Waals surface area (Å²) in [6, 6.07) is 84.7. The van der Waals surface area contributed by atoms with E-state index in [1.807, 2.05) is 0 Å².